The van der Waals surface area contributed by atoms with Gasteiger partial charge in [-0.1, -0.05) is 35.9 Å². The van der Waals surface area contributed by atoms with Crippen molar-refractivity contribution in [3.63, 3.8) is 0 Å². The van der Waals surface area contributed by atoms with Gasteiger partial charge in [-0.3, -0.25) is 4.79 Å². The number of benzene rings is 2. The van der Waals surface area contributed by atoms with Gasteiger partial charge in [0.15, 0.2) is 0 Å². The number of rotatable bonds is 5. The van der Waals surface area contributed by atoms with E-state index in [9.17, 15) is 9.18 Å². The van der Waals surface area contributed by atoms with Crippen LogP contribution in [0.15, 0.2) is 48.5 Å². The third kappa shape index (κ3) is 4.08. The molecule has 0 heterocycles. The van der Waals surface area contributed by atoms with Gasteiger partial charge in [-0.05, 0) is 55.7 Å². The molecule has 0 spiro atoms. The van der Waals surface area contributed by atoms with Crippen molar-refractivity contribution in [2.75, 3.05) is 6.54 Å². The zero-order chi connectivity index (χ0) is 16.2. The first-order chi connectivity index (χ1) is 10.4. The van der Waals surface area contributed by atoms with Gasteiger partial charge in [0.1, 0.15) is 5.82 Å². The van der Waals surface area contributed by atoms with Gasteiger partial charge < -0.3 is 5.32 Å². The summed E-state index contributed by atoms with van der Waals surface area (Å²) in [6.07, 6.45) is 0.664. The molecule has 0 atom stereocenters. The summed E-state index contributed by atoms with van der Waals surface area (Å²) >= 11 is 5.99. The summed E-state index contributed by atoms with van der Waals surface area (Å²) in [7, 11) is 0. The standard InChI is InChI=1S/C18H19ClFNO/c1-18(2,14-4-3-5-15(19)12-14)17(22)21-11-10-13-6-8-16(20)9-7-13/h3-9,12H,10-11H2,1-2H3,(H,21,22). The molecule has 4 heteroatoms. The first kappa shape index (κ1) is 16.5. The average molecular weight is 320 g/mol. The Bertz CT molecular complexity index is 652. The second-order valence-corrected chi connectivity index (χ2v) is 6.20. The van der Waals surface area contributed by atoms with Gasteiger partial charge in [0.2, 0.25) is 5.91 Å². The number of carbonyl (C=O) groups is 1. The molecule has 0 fully saturated rings. The van der Waals surface area contributed by atoms with Crippen molar-refractivity contribution in [2.45, 2.75) is 25.7 Å². The zero-order valence-corrected chi connectivity index (χ0v) is 13.5. The van der Waals surface area contributed by atoms with E-state index in [-0.39, 0.29) is 11.7 Å². The Morgan fingerprint density at radius 2 is 1.86 bits per heavy atom. The van der Waals surface area contributed by atoms with Crippen LogP contribution in [0.4, 0.5) is 4.39 Å². The lowest BCUT2D eigenvalue weighted by Crippen LogP contribution is -2.40. The molecule has 0 bridgehead atoms. The molecular weight excluding hydrogens is 301 g/mol. The summed E-state index contributed by atoms with van der Waals surface area (Å²) in [6.45, 7) is 4.24. The molecule has 0 aliphatic carbocycles. The largest absolute Gasteiger partial charge is 0.355 e. The van der Waals surface area contributed by atoms with Gasteiger partial charge in [-0.2, -0.15) is 0 Å². The quantitative estimate of drug-likeness (QED) is 0.882. The van der Waals surface area contributed by atoms with Gasteiger partial charge in [0.25, 0.3) is 0 Å². The van der Waals surface area contributed by atoms with Gasteiger partial charge in [0.05, 0.1) is 5.41 Å². The molecule has 2 aromatic carbocycles. The number of hydrogen-bond acceptors (Lipinski definition) is 1. The van der Waals surface area contributed by atoms with E-state index in [4.69, 9.17) is 11.6 Å². The fraction of sp³-hybridized carbons (Fsp3) is 0.278. The third-order valence-corrected chi connectivity index (χ3v) is 3.96. The van der Waals surface area contributed by atoms with E-state index >= 15 is 0 Å². The lowest BCUT2D eigenvalue weighted by molar-refractivity contribution is -0.125. The van der Waals surface area contributed by atoms with Crippen molar-refractivity contribution in [3.05, 3.63) is 70.5 Å². The first-order valence-electron chi connectivity index (χ1n) is 7.18. The molecule has 2 aromatic rings. The highest BCUT2D eigenvalue weighted by atomic mass is 35.5. The van der Waals surface area contributed by atoms with Gasteiger partial charge in [-0.15, -0.1) is 0 Å². The minimum atomic E-state index is -0.659. The number of nitrogens with one attached hydrogen (secondary N) is 1. The third-order valence-electron chi connectivity index (χ3n) is 3.73. The summed E-state index contributed by atoms with van der Waals surface area (Å²) in [6, 6.07) is 13.6. The molecule has 2 rings (SSSR count). The van der Waals surface area contributed by atoms with Crippen LogP contribution in [0.5, 0.6) is 0 Å². The molecule has 22 heavy (non-hydrogen) atoms. The fourth-order valence-electron chi connectivity index (χ4n) is 2.20. The monoisotopic (exact) mass is 319 g/mol. The molecule has 0 saturated carbocycles. The van der Waals surface area contributed by atoms with Gasteiger partial charge in [0, 0.05) is 11.6 Å². The summed E-state index contributed by atoms with van der Waals surface area (Å²) in [5, 5.41) is 3.54. The summed E-state index contributed by atoms with van der Waals surface area (Å²) in [5.74, 6) is -0.313. The fourth-order valence-corrected chi connectivity index (χ4v) is 2.39. The van der Waals surface area contributed by atoms with E-state index in [1.807, 2.05) is 26.0 Å². The lowest BCUT2D eigenvalue weighted by atomic mass is 9.83. The Hall–Kier alpha value is -1.87. The predicted octanol–water partition coefficient (Wildman–Crippen LogP) is 4.12. The second kappa shape index (κ2) is 6.93. The molecule has 2 nitrogen and oxygen atoms in total. The number of carbonyl (C=O) groups excluding carboxylic acids is 1. The molecule has 0 unspecified atom stereocenters. The Labute approximate surface area is 135 Å². The van der Waals surface area contributed by atoms with Crippen molar-refractivity contribution in [1.29, 1.82) is 0 Å². The maximum Gasteiger partial charge on any atom is 0.230 e. The smallest absolute Gasteiger partial charge is 0.230 e. The van der Waals surface area contributed by atoms with Crippen LogP contribution in [-0.4, -0.2) is 12.5 Å². The minimum Gasteiger partial charge on any atom is -0.355 e. The Morgan fingerprint density at radius 3 is 2.50 bits per heavy atom. The predicted molar refractivity (Wildman–Crippen MR) is 87.6 cm³/mol. The van der Waals surface area contributed by atoms with E-state index in [0.29, 0.717) is 18.0 Å². The van der Waals surface area contributed by atoms with Crippen molar-refractivity contribution in [2.24, 2.45) is 0 Å². The van der Waals surface area contributed by atoms with E-state index < -0.39 is 5.41 Å². The van der Waals surface area contributed by atoms with E-state index in [2.05, 4.69) is 5.32 Å². The van der Waals surface area contributed by atoms with Crippen molar-refractivity contribution >= 4 is 17.5 Å². The van der Waals surface area contributed by atoms with Crippen molar-refractivity contribution in [1.82, 2.24) is 5.32 Å². The molecule has 116 valence electrons. The molecule has 0 aromatic heterocycles. The molecular formula is C18H19ClFNO. The van der Waals surface area contributed by atoms with Gasteiger partial charge >= 0.3 is 0 Å². The summed E-state index contributed by atoms with van der Waals surface area (Å²) in [5.41, 5.74) is 1.20. The molecule has 0 aliphatic heterocycles. The molecule has 1 amide bonds. The van der Waals surface area contributed by atoms with E-state index in [1.165, 1.54) is 12.1 Å². The first-order valence-corrected chi connectivity index (χ1v) is 7.56. The highest BCUT2D eigenvalue weighted by Gasteiger charge is 2.29. The molecule has 0 radical (unpaired) electrons. The normalized spacial score (nSPS) is 11.3. The van der Waals surface area contributed by atoms with E-state index in [0.717, 1.165) is 11.1 Å². The van der Waals surface area contributed by atoms with Crippen LogP contribution < -0.4 is 5.32 Å². The van der Waals surface area contributed by atoms with Crippen LogP contribution in [0.1, 0.15) is 25.0 Å². The Kier molecular flexibility index (Phi) is 5.19. The van der Waals surface area contributed by atoms with Crippen LogP contribution in [0.2, 0.25) is 5.02 Å². The lowest BCUT2D eigenvalue weighted by Gasteiger charge is -2.24. The minimum absolute atomic E-state index is 0.0584. The zero-order valence-electron chi connectivity index (χ0n) is 12.7. The Morgan fingerprint density at radius 1 is 1.18 bits per heavy atom. The van der Waals surface area contributed by atoms with Crippen LogP contribution in [-0.2, 0) is 16.6 Å². The maximum absolute atomic E-state index is 12.8. The van der Waals surface area contributed by atoms with E-state index in [1.54, 1.807) is 24.3 Å². The number of amides is 1. The molecule has 0 saturated heterocycles. The second-order valence-electron chi connectivity index (χ2n) is 5.77. The van der Waals surface area contributed by atoms with Crippen molar-refractivity contribution < 1.29 is 9.18 Å². The molecule has 1 N–H and O–H groups in total. The summed E-state index contributed by atoms with van der Waals surface area (Å²) in [4.78, 5) is 12.4. The highest BCUT2D eigenvalue weighted by molar-refractivity contribution is 6.30. The number of halogens is 2. The Balaban J connectivity index is 1.95. The van der Waals surface area contributed by atoms with Crippen LogP contribution in [0.3, 0.4) is 0 Å². The average Bonchev–Trinajstić information content (AvgIpc) is 2.49. The highest BCUT2D eigenvalue weighted by Crippen LogP contribution is 2.25. The number of hydrogen-bond donors (Lipinski definition) is 1. The van der Waals surface area contributed by atoms with Crippen LogP contribution in [0, 0.1) is 5.82 Å². The topological polar surface area (TPSA) is 29.1 Å². The van der Waals surface area contributed by atoms with Crippen LogP contribution in [0.25, 0.3) is 0 Å². The SMILES string of the molecule is CC(C)(C(=O)NCCc1ccc(F)cc1)c1cccc(Cl)c1. The maximum atomic E-state index is 12.8. The molecule has 0 aliphatic rings. The van der Waals surface area contributed by atoms with Crippen molar-refractivity contribution in [3.8, 4) is 0 Å². The van der Waals surface area contributed by atoms with Crippen LogP contribution >= 0.6 is 11.6 Å². The summed E-state index contributed by atoms with van der Waals surface area (Å²) < 4.78 is 12.8. The van der Waals surface area contributed by atoms with Gasteiger partial charge in [-0.25, -0.2) is 4.39 Å².